The van der Waals surface area contributed by atoms with Crippen molar-refractivity contribution in [2.45, 2.75) is 45.7 Å². The highest BCUT2D eigenvalue weighted by atomic mass is 19.1. The zero-order valence-electron chi connectivity index (χ0n) is 12.7. The lowest BCUT2D eigenvalue weighted by molar-refractivity contribution is -0.143. The van der Waals surface area contributed by atoms with Crippen LogP contribution in [0.1, 0.15) is 45.2 Å². The summed E-state index contributed by atoms with van der Waals surface area (Å²) >= 11 is 0. The largest absolute Gasteiger partial charge is 0.468 e. The predicted molar refractivity (Wildman–Crippen MR) is 77.8 cm³/mol. The summed E-state index contributed by atoms with van der Waals surface area (Å²) in [6, 6.07) is 6.05. The van der Waals surface area contributed by atoms with E-state index in [1.807, 2.05) is 20.8 Å². The van der Waals surface area contributed by atoms with Crippen LogP contribution in [0.2, 0.25) is 0 Å². The number of carbonyl (C=O) groups excluding carboxylic acids is 1. The number of hydrogen-bond acceptors (Lipinski definition) is 3. The van der Waals surface area contributed by atoms with Crippen molar-refractivity contribution in [1.82, 2.24) is 5.32 Å². The van der Waals surface area contributed by atoms with Gasteiger partial charge in [-0.25, -0.2) is 4.39 Å². The Kier molecular flexibility index (Phi) is 6.65. The molecule has 3 nitrogen and oxygen atoms in total. The standard InChI is InChI=1S/C16H24FNO2/c1-5-14(12-8-6-7-9-13(12)17)18-15(10-11(2)3)16(19)20-4/h6-9,11,14-15,18H,5,10H2,1-4H3. The number of rotatable bonds is 7. The van der Waals surface area contributed by atoms with E-state index in [0.29, 0.717) is 24.3 Å². The van der Waals surface area contributed by atoms with Gasteiger partial charge in [-0.2, -0.15) is 0 Å². The number of esters is 1. The fourth-order valence-electron chi connectivity index (χ4n) is 2.27. The summed E-state index contributed by atoms with van der Waals surface area (Å²) in [7, 11) is 1.38. The highest BCUT2D eigenvalue weighted by Gasteiger charge is 2.24. The summed E-state index contributed by atoms with van der Waals surface area (Å²) in [5, 5.41) is 3.23. The molecule has 112 valence electrons. The molecular weight excluding hydrogens is 257 g/mol. The van der Waals surface area contributed by atoms with Gasteiger partial charge < -0.3 is 4.74 Å². The summed E-state index contributed by atoms with van der Waals surface area (Å²) in [6.45, 7) is 6.05. The Morgan fingerprint density at radius 1 is 1.35 bits per heavy atom. The Labute approximate surface area is 120 Å². The minimum absolute atomic E-state index is 0.195. The predicted octanol–water partition coefficient (Wildman–Crippen LogP) is 3.45. The zero-order valence-corrected chi connectivity index (χ0v) is 12.7. The number of hydrogen-bond donors (Lipinski definition) is 1. The maximum atomic E-state index is 13.9. The minimum Gasteiger partial charge on any atom is -0.468 e. The number of benzene rings is 1. The van der Waals surface area contributed by atoms with E-state index in [0.717, 1.165) is 0 Å². The third-order valence-corrected chi connectivity index (χ3v) is 3.28. The van der Waals surface area contributed by atoms with Crippen molar-refractivity contribution in [2.24, 2.45) is 5.92 Å². The lowest BCUT2D eigenvalue weighted by atomic mass is 9.99. The SMILES string of the molecule is CCC(NC(CC(C)C)C(=O)OC)c1ccccc1F. The molecule has 1 rings (SSSR count). The van der Waals surface area contributed by atoms with Gasteiger partial charge >= 0.3 is 5.97 Å². The van der Waals surface area contributed by atoms with Gasteiger partial charge in [0.1, 0.15) is 11.9 Å². The van der Waals surface area contributed by atoms with Gasteiger partial charge in [0.2, 0.25) is 0 Å². The normalized spacial score (nSPS) is 14.1. The monoisotopic (exact) mass is 281 g/mol. The topological polar surface area (TPSA) is 38.3 Å². The number of nitrogens with one attached hydrogen (secondary N) is 1. The molecule has 0 aliphatic carbocycles. The molecule has 0 radical (unpaired) electrons. The molecule has 2 unspecified atom stereocenters. The Bertz CT molecular complexity index is 434. The first-order chi connectivity index (χ1) is 9.49. The van der Waals surface area contributed by atoms with Crippen LogP contribution in [0.3, 0.4) is 0 Å². The zero-order chi connectivity index (χ0) is 15.1. The van der Waals surface area contributed by atoms with Gasteiger partial charge in [0, 0.05) is 11.6 Å². The van der Waals surface area contributed by atoms with E-state index in [2.05, 4.69) is 5.32 Å². The highest BCUT2D eigenvalue weighted by Crippen LogP contribution is 2.21. The second kappa shape index (κ2) is 8.00. The van der Waals surface area contributed by atoms with Crippen molar-refractivity contribution in [1.29, 1.82) is 0 Å². The molecule has 1 aromatic carbocycles. The number of halogens is 1. The minimum atomic E-state index is -0.412. The number of ether oxygens (including phenoxy) is 1. The third kappa shape index (κ3) is 4.60. The maximum Gasteiger partial charge on any atom is 0.322 e. The summed E-state index contributed by atoms with van der Waals surface area (Å²) in [4.78, 5) is 11.8. The van der Waals surface area contributed by atoms with Crippen molar-refractivity contribution < 1.29 is 13.9 Å². The molecule has 0 saturated heterocycles. The lowest BCUT2D eigenvalue weighted by Crippen LogP contribution is -2.41. The average Bonchev–Trinajstić information content (AvgIpc) is 2.43. The van der Waals surface area contributed by atoms with Crippen LogP contribution >= 0.6 is 0 Å². The van der Waals surface area contributed by atoms with Gasteiger partial charge in [-0.3, -0.25) is 10.1 Å². The first-order valence-corrected chi connectivity index (χ1v) is 7.07. The van der Waals surface area contributed by atoms with Crippen molar-refractivity contribution in [3.8, 4) is 0 Å². The van der Waals surface area contributed by atoms with Crippen LogP contribution in [0.15, 0.2) is 24.3 Å². The molecule has 20 heavy (non-hydrogen) atoms. The Hall–Kier alpha value is -1.42. The molecule has 1 aromatic rings. The van der Waals surface area contributed by atoms with Crippen molar-refractivity contribution in [2.75, 3.05) is 7.11 Å². The summed E-state index contributed by atoms with van der Waals surface area (Å²) in [5.74, 6) is -0.196. The summed E-state index contributed by atoms with van der Waals surface area (Å²) in [5.41, 5.74) is 0.590. The van der Waals surface area contributed by atoms with E-state index in [1.165, 1.54) is 13.2 Å². The first-order valence-electron chi connectivity index (χ1n) is 7.07. The smallest absolute Gasteiger partial charge is 0.322 e. The van der Waals surface area contributed by atoms with E-state index in [1.54, 1.807) is 18.2 Å². The molecule has 1 N–H and O–H groups in total. The fourth-order valence-corrected chi connectivity index (χ4v) is 2.27. The summed E-state index contributed by atoms with van der Waals surface area (Å²) in [6.07, 6.45) is 1.37. The molecule has 0 heterocycles. The molecule has 0 spiro atoms. The lowest BCUT2D eigenvalue weighted by Gasteiger charge is -2.25. The van der Waals surface area contributed by atoms with Crippen molar-refractivity contribution in [3.05, 3.63) is 35.6 Å². The van der Waals surface area contributed by atoms with Gasteiger partial charge in [0.15, 0.2) is 0 Å². The second-order valence-electron chi connectivity index (χ2n) is 5.35. The molecule has 0 fully saturated rings. The van der Waals surface area contributed by atoms with Crippen LogP contribution in [-0.4, -0.2) is 19.1 Å². The molecule has 0 saturated carbocycles. The van der Waals surface area contributed by atoms with Crippen LogP contribution in [0, 0.1) is 11.7 Å². The van der Waals surface area contributed by atoms with Crippen LogP contribution in [-0.2, 0) is 9.53 Å². The highest BCUT2D eigenvalue weighted by molar-refractivity contribution is 5.75. The first kappa shape index (κ1) is 16.6. The molecule has 0 amide bonds. The third-order valence-electron chi connectivity index (χ3n) is 3.28. The van der Waals surface area contributed by atoms with E-state index in [9.17, 15) is 9.18 Å². The van der Waals surface area contributed by atoms with Crippen LogP contribution in [0.5, 0.6) is 0 Å². The molecule has 2 atom stereocenters. The summed E-state index contributed by atoms with van der Waals surface area (Å²) < 4.78 is 18.7. The van der Waals surface area contributed by atoms with Crippen LogP contribution in [0.25, 0.3) is 0 Å². The molecule has 0 aromatic heterocycles. The maximum absolute atomic E-state index is 13.9. The number of methoxy groups -OCH3 is 1. The molecule has 4 heteroatoms. The molecule has 0 bridgehead atoms. The van der Waals surface area contributed by atoms with Crippen LogP contribution in [0.4, 0.5) is 4.39 Å². The average molecular weight is 281 g/mol. The van der Waals surface area contributed by atoms with Gasteiger partial charge in [-0.1, -0.05) is 39.0 Å². The van der Waals surface area contributed by atoms with Gasteiger partial charge in [0.05, 0.1) is 7.11 Å². The van der Waals surface area contributed by atoms with E-state index >= 15 is 0 Å². The van der Waals surface area contributed by atoms with Crippen LogP contribution < -0.4 is 5.32 Å². The Morgan fingerprint density at radius 3 is 2.50 bits per heavy atom. The van der Waals surface area contributed by atoms with Crippen molar-refractivity contribution >= 4 is 5.97 Å². The van der Waals surface area contributed by atoms with Crippen molar-refractivity contribution in [3.63, 3.8) is 0 Å². The molecular formula is C16H24FNO2. The van der Waals surface area contributed by atoms with E-state index < -0.39 is 6.04 Å². The van der Waals surface area contributed by atoms with Gasteiger partial charge in [0.25, 0.3) is 0 Å². The Morgan fingerprint density at radius 2 is 2.00 bits per heavy atom. The van der Waals surface area contributed by atoms with Gasteiger partial charge in [-0.15, -0.1) is 0 Å². The fraction of sp³-hybridized carbons (Fsp3) is 0.562. The second-order valence-corrected chi connectivity index (χ2v) is 5.35. The van der Waals surface area contributed by atoms with Gasteiger partial charge in [-0.05, 0) is 24.8 Å². The van der Waals surface area contributed by atoms with E-state index in [-0.39, 0.29) is 17.8 Å². The quantitative estimate of drug-likeness (QED) is 0.778. The van der Waals surface area contributed by atoms with E-state index in [4.69, 9.17) is 4.74 Å². The molecule has 0 aliphatic heterocycles. The number of carbonyl (C=O) groups is 1. The molecule has 0 aliphatic rings. The Balaban J connectivity index is 2.88.